The normalized spacial score (nSPS) is 11.6. The molecule has 1 unspecified atom stereocenters. The quantitative estimate of drug-likeness (QED) is 0.736. The number of anilines is 1. The van der Waals surface area contributed by atoms with E-state index in [9.17, 15) is 9.59 Å². The second-order valence-corrected chi connectivity index (χ2v) is 5.68. The number of rotatable bonds is 6. The molecule has 0 spiro atoms. The Morgan fingerprint density at radius 1 is 1.39 bits per heavy atom. The van der Waals surface area contributed by atoms with E-state index in [1.54, 1.807) is 21.0 Å². The molecule has 3 N–H and O–H groups in total. The Morgan fingerprint density at radius 2 is 2.04 bits per heavy atom. The fourth-order valence-corrected chi connectivity index (χ4v) is 2.17. The van der Waals surface area contributed by atoms with E-state index in [2.05, 4.69) is 10.6 Å². The number of hydrogen-bond donors (Lipinski definition) is 3. The average molecular weight is 344 g/mol. The zero-order chi connectivity index (χ0) is 17.6. The molecular weight excluding hydrogens is 322 g/mol. The first-order chi connectivity index (χ1) is 10.8. The number of aliphatic hydroxyl groups excluding tert-OH is 1. The van der Waals surface area contributed by atoms with Gasteiger partial charge in [-0.2, -0.15) is 0 Å². The minimum Gasteiger partial charge on any atom is -0.494 e. The molecule has 0 fully saturated rings. The minimum atomic E-state index is -0.477. The molecule has 1 aromatic rings. The highest BCUT2D eigenvalue weighted by molar-refractivity contribution is 6.31. The number of nitrogens with zero attached hydrogens (tertiary/aromatic N) is 1. The number of carbonyl (C=O) groups excluding carboxylic acids is 2. The molecule has 0 bridgehead atoms. The molecule has 1 aromatic carbocycles. The summed E-state index contributed by atoms with van der Waals surface area (Å²) >= 11 is 6.04. The van der Waals surface area contributed by atoms with Crippen LogP contribution in [-0.4, -0.2) is 55.8 Å². The van der Waals surface area contributed by atoms with Crippen molar-refractivity contribution < 1.29 is 19.4 Å². The van der Waals surface area contributed by atoms with Crippen molar-refractivity contribution in [3.63, 3.8) is 0 Å². The van der Waals surface area contributed by atoms with E-state index < -0.39 is 6.03 Å². The second kappa shape index (κ2) is 8.59. The summed E-state index contributed by atoms with van der Waals surface area (Å²) in [5.41, 5.74) is 0.544. The number of nitrogens with one attached hydrogen (secondary N) is 2. The number of methoxy groups -OCH3 is 1. The lowest BCUT2D eigenvalue weighted by atomic mass is 10.1. The predicted octanol–water partition coefficient (Wildman–Crippen LogP) is 1.94. The smallest absolute Gasteiger partial charge is 0.319 e. The maximum Gasteiger partial charge on any atom is 0.319 e. The maximum absolute atomic E-state index is 12.2. The third kappa shape index (κ3) is 5.30. The Balaban J connectivity index is 3.06. The summed E-state index contributed by atoms with van der Waals surface area (Å²) in [6.07, 6.45) is 0.435. The monoisotopic (exact) mass is 343 g/mol. The van der Waals surface area contributed by atoms with E-state index in [0.29, 0.717) is 17.1 Å². The molecule has 0 aliphatic heterocycles. The number of hydrogen-bond acceptors (Lipinski definition) is 4. The van der Waals surface area contributed by atoms with Crippen LogP contribution in [0.3, 0.4) is 0 Å². The van der Waals surface area contributed by atoms with Crippen molar-refractivity contribution in [2.45, 2.75) is 19.4 Å². The topological polar surface area (TPSA) is 90.9 Å². The standard InChI is InChI=1S/C15H22ClN3O4/c1-9(5-6-20)17-15(22)18-12-8-10(16)7-11(13(12)23-4)14(21)19(2)3/h7-9,20H,5-6H2,1-4H3,(H2,17,18,22). The highest BCUT2D eigenvalue weighted by Gasteiger charge is 2.20. The van der Waals surface area contributed by atoms with Gasteiger partial charge in [-0.1, -0.05) is 11.6 Å². The number of halogens is 1. The lowest BCUT2D eigenvalue weighted by Gasteiger charge is -2.18. The largest absolute Gasteiger partial charge is 0.494 e. The van der Waals surface area contributed by atoms with E-state index in [4.69, 9.17) is 21.4 Å². The molecule has 0 radical (unpaired) electrons. The van der Waals surface area contributed by atoms with Crippen LogP contribution in [0.15, 0.2) is 12.1 Å². The summed E-state index contributed by atoms with van der Waals surface area (Å²) in [5, 5.41) is 14.4. The van der Waals surface area contributed by atoms with Gasteiger partial charge in [0.05, 0.1) is 18.4 Å². The van der Waals surface area contributed by atoms with Crippen molar-refractivity contribution in [1.82, 2.24) is 10.2 Å². The van der Waals surface area contributed by atoms with Gasteiger partial charge in [0.1, 0.15) is 0 Å². The Kier molecular flexibility index (Phi) is 7.12. The van der Waals surface area contributed by atoms with Crippen LogP contribution in [0.1, 0.15) is 23.7 Å². The van der Waals surface area contributed by atoms with Crippen molar-refractivity contribution >= 4 is 29.2 Å². The fraction of sp³-hybridized carbons (Fsp3) is 0.467. The van der Waals surface area contributed by atoms with Gasteiger partial charge in [-0.15, -0.1) is 0 Å². The van der Waals surface area contributed by atoms with Crippen LogP contribution in [0.5, 0.6) is 5.75 Å². The molecule has 3 amide bonds. The first-order valence-corrected chi connectivity index (χ1v) is 7.45. The zero-order valence-electron chi connectivity index (χ0n) is 13.6. The number of amides is 3. The van der Waals surface area contributed by atoms with Crippen LogP contribution in [0.4, 0.5) is 10.5 Å². The van der Waals surface area contributed by atoms with E-state index in [-0.39, 0.29) is 29.9 Å². The third-order valence-electron chi connectivity index (χ3n) is 3.08. The van der Waals surface area contributed by atoms with Crippen LogP contribution in [0, 0.1) is 0 Å². The Hall–Kier alpha value is -1.99. The van der Waals surface area contributed by atoms with Crippen LogP contribution < -0.4 is 15.4 Å². The van der Waals surface area contributed by atoms with Gasteiger partial charge in [-0.3, -0.25) is 4.79 Å². The summed E-state index contributed by atoms with van der Waals surface area (Å²) in [7, 11) is 4.63. The molecule has 8 heteroatoms. The fourth-order valence-electron chi connectivity index (χ4n) is 1.95. The van der Waals surface area contributed by atoms with E-state index in [0.717, 1.165) is 0 Å². The van der Waals surface area contributed by atoms with Gasteiger partial charge >= 0.3 is 6.03 Å². The molecule has 0 aliphatic carbocycles. The molecule has 0 heterocycles. The molecule has 1 atom stereocenters. The predicted molar refractivity (Wildman–Crippen MR) is 89.3 cm³/mol. The lowest BCUT2D eigenvalue weighted by molar-refractivity contribution is 0.0824. The highest BCUT2D eigenvalue weighted by atomic mass is 35.5. The Bertz CT molecular complexity index is 578. The van der Waals surface area contributed by atoms with Gasteiger partial charge in [0, 0.05) is 31.8 Å². The number of aliphatic hydroxyl groups is 1. The number of benzene rings is 1. The maximum atomic E-state index is 12.2. The minimum absolute atomic E-state index is 0.0244. The second-order valence-electron chi connectivity index (χ2n) is 5.25. The Labute approximate surface area is 140 Å². The summed E-state index contributed by atoms with van der Waals surface area (Å²) in [6, 6.07) is 2.31. The van der Waals surface area contributed by atoms with Gasteiger partial charge in [0.15, 0.2) is 5.75 Å². The van der Waals surface area contributed by atoms with Gasteiger partial charge in [-0.25, -0.2) is 4.79 Å². The summed E-state index contributed by atoms with van der Waals surface area (Å²) < 4.78 is 5.27. The summed E-state index contributed by atoms with van der Waals surface area (Å²) in [4.78, 5) is 25.6. The lowest BCUT2D eigenvalue weighted by Crippen LogP contribution is -2.36. The van der Waals surface area contributed by atoms with Gasteiger partial charge in [0.25, 0.3) is 5.91 Å². The molecule has 23 heavy (non-hydrogen) atoms. The molecule has 0 aromatic heterocycles. The average Bonchev–Trinajstić information content (AvgIpc) is 2.45. The van der Waals surface area contributed by atoms with E-state index in [1.807, 2.05) is 0 Å². The molecule has 0 saturated carbocycles. The van der Waals surface area contributed by atoms with Crippen molar-refractivity contribution in [2.24, 2.45) is 0 Å². The number of ether oxygens (including phenoxy) is 1. The number of carbonyl (C=O) groups is 2. The van der Waals surface area contributed by atoms with Crippen molar-refractivity contribution in [1.29, 1.82) is 0 Å². The molecule has 0 saturated heterocycles. The summed E-state index contributed by atoms with van der Waals surface area (Å²) in [6.45, 7) is 1.75. The van der Waals surface area contributed by atoms with E-state index in [1.165, 1.54) is 24.1 Å². The van der Waals surface area contributed by atoms with Crippen LogP contribution in [0.25, 0.3) is 0 Å². The van der Waals surface area contributed by atoms with Crippen LogP contribution >= 0.6 is 11.6 Å². The first-order valence-electron chi connectivity index (χ1n) is 7.07. The van der Waals surface area contributed by atoms with Gasteiger partial charge in [0.2, 0.25) is 0 Å². The SMILES string of the molecule is COc1c(NC(=O)NC(C)CCO)cc(Cl)cc1C(=O)N(C)C. The third-order valence-corrected chi connectivity index (χ3v) is 3.30. The van der Waals surface area contributed by atoms with Crippen molar-refractivity contribution in [2.75, 3.05) is 33.1 Å². The van der Waals surface area contributed by atoms with Crippen LogP contribution in [-0.2, 0) is 0 Å². The molecular formula is C15H22ClN3O4. The molecule has 1 rings (SSSR count). The molecule has 128 valence electrons. The first kappa shape index (κ1) is 19.1. The molecule has 7 nitrogen and oxygen atoms in total. The summed E-state index contributed by atoms with van der Waals surface area (Å²) in [5.74, 6) is -0.0560. The van der Waals surface area contributed by atoms with Crippen molar-refractivity contribution in [3.8, 4) is 5.75 Å². The Morgan fingerprint density at radius 3 is 2.57 bits per heavy atom. The highest BCUT2D eigenvalue weighted by Crippen LogP contribution is 2.33. The van der Waals surface area contributed by atoms with E-state index >= 15 is 0 Å². The van der Waals surface area contributed by atoms with Gasteiger partial charge in [-0.05, 0) is 25.5 Å². The molecule has 0 aliphatic rings. The zero-order valence-corrected chi connectivity index (χ0v) is 14.4. The van der Waals surface area contributed by atoms with Gasteiger partial charge < -0.3 is 25.4 Å². The number of urea groups is 1. The van der Waals surface area contributed by atoms with Crippen molar-refractivity contribution in [3.05, 3.63) is 22.7 Å². The van der Waals surface area contributed by atoms with Crippen LogP contribution in [0.2, 0.25) is 5.02 Å².